The highest BCUT2D eigenvalue weighted by Crippen LogP contribution is 2.41. The Labute approximate surface area is 404 Å². The molecule has 0 saturated heterocycles. The summed E-state index contributed by atoms with van der Waals surface area (Å²) in [7, 11) is 0. The highest BCUT2D eigenvalue weighted by Gasteiger charge is 2.25. The summed E-state index contributed by atoms with van der Waals surface area (Å²) in [6.07, 6.45) is 17.5. The van der Waals surface area contributed by atoms with Crippen LogP contribution in [0.4, 0.5) is 0 Å². The molecule has 2 aliphatic rings. The number of nitrogens with one attached hydrogen (secondary N) is 2. The summed E-state index contributed by atoms with van der Waals surface area (Å²) in [5.41, 5.74) is 21.0. The second kappa shape index (κ2) is 17.6. The number of hydrogen-bond donors (Lipinski definition) is 2. The summed E-state index contributed by atoms with van der Waals surface area (Å²) < 4.78 is 0. The molecule has 342 valence electrons. The van der Waals surface area contributed by atoms with Crippen LogP contribution in [-0.4, -0.2) is 19.9 Å². The molecule has 3 aromatic heterocycles. The predicted molar refractivity (Wildman–Crippen MR) is 295 cm³/mol. The summed E-state index contributed by atoms with van der Waals surface area (Å²) in [4.78, 5) is 19.1. The quantitative estimate of drug-likeness (QED) is 0.175. The molecule has 0 atom stereocenters. The number of hydrogen-bond acceptors (Lipinski definition) is 2. The number of benzene rings is 4. The molecule has 4 heteroatoms. The second-order valence-corrected chi connectivity index (χ2v) is 22.7. The number of nitrogens with zero attached hydrogens (tertiary/aromatic N) is 2. The average molecular weight is 891 g/mol. The van der Waals surface area contributed by atoms with Crippen LogP contribution in [0.15, 0.2) is 121 Å². The van der Waals surface area contributed by atoms with Crippen LogP contribution in [0.3, 0.4) is 0 Å². The lowest BCUT2D eigenvalue weighted by Gasteiger charge is -2.26. The van der Waals surface area contributed by atoms with Crippen molar-refractivity contribution < 1.29 is 0 Å². The first-order chi connectivity index (χ1) is 32.2. The molecule has 0 amide bonds. The Hall–Kier alpha value is -7.04. The van der Waals surface area contributed by atoms with Crippen molar-refractivity contribution in [1.29, 1.82) is 0 Å². The maximum Gasteiger partial charge on any atom is 0.0738 e. The van der Waals surface area contributed by atoms with Gasteiger partial charge in [-0.1, -0.05) is 204 Å². The molecule has 4 nitrogen and oxygen atoms in total. The van der Waals surface area contributed by atoms with E-state index in [-0.39, 0.29) is 21.7 Å². The largest absolute Gasteiger partial charge is 0.354 e. The molecule has 0 spiro atoms. The molecule has 0 unspecified atom stereocenters. The molecular formula is C64H66N4. The van der Waals surface area contributed by atoms with Crippen LogP contribution in [-0.2, 0) is 21.7 Å². The van der Waals surface area contributed by atoms with Gasteiger partial charge in [0.1, 0.15) is 0 Å². The first-order valence-electron chi connectivity index (χ1n) is 24.1. The maximum atomic E-state index is 5.58. The van der Waals surface area contributed by atoms with Gasteiger partial charge in [0.25, 0.3) is 0 Å². The molecule has 7 aromatic rings. The highest BCUT2D eigenvalue weighted by molar-refractivity contribution is 5.98. The van der Waals surface area contributed by atoms with Crippen LogP contribution in [0.25, 0.3) is 92.9 Å². The van der Waals surface area contributed by atoms with Gasteiger partial charge in [-0.05, 0) is 115 Å². The summed E-state index contributed by atoms with van der Waals surface area (Å²) in [6, 6.07) is 44.2. The van der Waals surface area contributed by atoms with E-state index in [0.717, 1.165) is 89.4 Å². The third-order valence-electron chi connectivity index (χ3n) is 13.2. The molecule has 8 bridgehead atoms. The Kier molecular flexibility index (Phi) is 11.9. The number of fused-ring (bicyclic) bond motifs is 8. The minimum atomic E-state index is -0.0780. The van der Waals surface area contributed by atoms with E-state index in [1.807, 2.05) is 0 Å². The zero-order valence-corrected chi connectivity index (χ0v) is 42.1. The van der Waals surface area contributed by atoms with Gasteiger partial charge in [0.15, 0.2) is 0 Å². The average Bonchev–Trinajstić information content (AvgIpc) is 4.14. The van der Waals surface area contributed by atoms with E-state index in [1.165, 1.54) is 22.3 Å². The van der Waals surface area contributed by atoms with Gasteiger partial charge in [0, 0.05) is 44.3 Å². The molecule has 2 N–H and O–H groups in total. The van der Waals surface area contributed by atoms with Crippen molar-refractivity contribution in [3.05, 3.63) is 189 Å². The SMILES string of the molecule is CC(C)(C)c1cc(-c2c3nc(c(/C=C/c4ccccc4)c4ccc([nH]4)c(-c4cc(C(C)(C)C)cc(C(C)(C)C)c4)c4ccc([nH]4)c(/C=C/c4ccccc4)c4nc2C=C4)C=C3)cc(C(C)(C)C)c1. The highest BCUT2D eigenvalue weighted by atomic mass is 14.8. The van der Waals surface area contributed by atoms with Crippen molar-refractivity contribution in [2.45, 2.75) is 105 Å². The molecule has 5 heterocycles. The van der Waals surface area contributed by atoms with Gasteiger partial charge in [-0.3, -0.25) is 0 Å². The van der Waals surface area contributed by atoms with Crippen molar-refractivity contribution in [1.82, 2.24) is 19.9 Å². The normalized spacial score (nSPS) is 13.4. The first kappa shape index (κ1) is 46.1. The third-order valence-corrected chi connectivity index (χ3v) is 13.2. The third kappa shape index (κ3) is 9.69. The van der Waals surface area contributed by atoms with Gasteiger partial charge in [-0.2, -0.15) is 0 Å². The van der Waals surface area contributed by atoms with Gasteiger partial charge in [0.05, 0.1) is 22.8 Å². The van der Waals surface area contributed by atoms with E-state index in [1.54, 1.807) is 0 Å². The monoisotopic (exact) mass is 891 g/mol. The van der Waals surface area contributed by atoms with Gasteiger partial charge < -0.3 is 9.97 Å². The summed E-state index contributed by atoms with van der Waals surface area (Å²) in [5.74, 6) is 0. The minimum Gasteiger partial charge on any atom is -0.354 e. The Morgan fingerprint density at radius 3 is 1.01 bits per heavy atom. The molecular weight excluding hydrogens is 825 g/mol. The van der Waals surface area contributed by atoms with Crippen LogP contribution < -0.4 is 0 Å². The fourth-order valence-electron chi connectivity index (χ4n) is 8.97. The van der Waals surface area contributed by atoms with Crippen LogP contribution in [0.1, 0.15) is 150 Å². The van der Waals surface area contributed by atoms with Gasteiger partial charge in [-0.15, -0.1) is 0 Å². The summed E-state index contributed by atoms with van der Waals surface area (Å²) >= 11 is 0. The fourth-order valence-corrected chi connectivity index (χ4v) is 8.97. The van der Waals surface area contributed by atoms with Gasteiger partial charge in [-0.25, -0.2) is 9.97 Å². The number of H-pyrrole nitrogens is 2. The maximum absolute atomic E-state index is 5.58. The number of aromatic nitrogens is 4. The minimum absolute atomic E-state index is 0.0659. The summed E-state index contributed by atoms with van der Waals surface area (Å²) in [6.45, 7) is 27.6. The lowest BCUT2D eigenvalue weighted by atomic mass is 9.78. The van der Waals surface area contributed by atoms with Crippen molar-refractivity contribution in [2.75, 3.05) is 0 Å². The molecule has 9 rings (SSSR count). The molecule has 2 aliphatic heterocycles. The molecule has 4 aromatic carbocycles. The zero-order chi connectivity index (χ0) is 48.2. The Bertz CT molecular complexity index is 3130. The number of aromatic amines is 2. The lowest BCUT2D eigenvalue weighted by Crippen LogP contribution is -2.16. The molecule has 0 aliphatic carbocycles. The fraction of sp³-hybridized carbons (Fsp3) is 0.250. The van der Waals surface area contributed by atoms with E-state index in [0.29, 0.717) is 0 Å². The van der Waals surface area contributed by atoms with Crippen LogP contribution in [0.5, 0.6) is 0 Å². The van der Waals surface area contributed by atoms with Crippen molar-refractivity contribution in [3.8, 4) is 22.3 Å². The molecule has 0 fully saturated rings. The van der Waals surface area contributed by atoms with Crippen LogP contribution >= 0.6 is 0 Å². The van der Waals surface area contributed by atoms with E-state index in [9.17, 15) is 0 Å². The molecule has 0 saturated carbocycles. The van der Waals surface area contributed by atoms with Gasteiger partial charge >= 0.3 is 0 Å². The molecule has 0 radical (unpaired) electrons. The topological polar surface area (TPSA) is 57.4 Å². The molecule has 68 heavy (non-hydrogen) atoms. The smallest absolute Gasteiger partial charge is 0.0738 e. The summed E-state index contributed by atoms with van der Waals surface area (Å²) in [5, 5.41) is 0. The van der Waals surface area contributed by atoms with Crippen LogP contribution in [0, 0.1) is 0 Å². The predicted octanol–water partition coefficient (Wildman–Crippen LogP) is 17.5. The van der Waals surface area contributed by atoms with Crippen molar-refractivity contribution >= 4 is 70.7 Å². The van der Waals surface area contributed by atoms with E-state index in [2.05, 4.69) is 263 Å². The first-order valence-corrected chi connectivity index (χ1v) is 24.1. The lowest BCUT2D eigenvalue weighted by molar-refractivity contribution is 0.568. The van der Waals surface area contributed by atoms with E-state index in [4.69, 9.17) is 9.97 Å². The van der Waals surface area contributed by atoms with E-state index >= 15 is 0 Å². The van der Waals surface area contributed by atoms with E-state index < -0.39 is 0 Å². The standard InChI is InChI=1S/C64H66N4/c1-61(2,3)45-35-43(36-46(39-45)62(4,5)6)59-55-31-27-51(65-55)49(25-23-41-19-15-13-16-20-41)53-29-33-57(67-53)60(44-37-47(63(7,8)9)40-48(38-44)64(10,11)12)58-34-30-54(68-58)50(52-28-32-56(59)66-52)26-24-42-21-17-14-18-22-42/h13-40,65-66H,1-12H3/b25-23+,26-24+,51-49?,52-50?,53-49?,54-50?,59-55?,59-56?,60-57?,60-58?. The Morgan fingerprint density at radius 2 is 0.662 bits per heavy atom. The second-order valence-electron chi connectivity index (χ2n) is 22.7. The Balaban J connectivity index is 1.45. The zero-order valence-electron chi connectivity index (χ0n) is 42.1. The van der Waals surface area contributed by atoms with Crippen molar-refractivity contribution in [2.24, 2.45) is 0 Å². The Morgan fingerprint density at radius 1 is 0.338 bits per heavy atom. The number of rotatable bonds is 6. The van der Waals surface area contributed by atoms with Crippen molar-refractivity contribution in [3.63, 3.8) is 0 Å². The van der Waals surface area contributed by atoms with Gasteiger partial charge in [0.2, 0.25) is 0 Å². The van der Waals surface area contributed by atoms with Crippen LogP contribution in [0.2, 0.25) is 0 Å².